The minimum absolute atomic E-state index is 0.0543. The second-order valence-corrected chi connectivity index (χ2v) is 5.42. The van der Waals surface area contributed by atoms with Crippen LogP contribution in [-0.2, 0) is 9.53 Å². The first-order valence-corrected chi connectivity index (χ1v) is 6.44. The third-order valence-electron chi connectivity index (χ3n) is 2.37. The van der Waals surface area contributed by atoms with Gasteiger partial charge in [-0.3, -0.25) is 5.32 Å². The molecule has 0 heterocycles. The Morgan fingerprint density at radius 3 is 2.41 bits per heavy atom. The lowest BCUT2D eigenvalue weighted by Crippen LogP contribution is -2.27. The van der Waals surface area contributed by atoms with Crippen LogP contribution in [0.1, 0.15) is 26.3 Å². The number of carbonyl (C=O) groups is 2. The summed E-state index contributed by atoms with van der Waals surface area (Å²) in [6.07, 6.45) is 1.50. The monoisotopic (exact) mass is 309 g/mol. The van der Waals surface area contributed by atoms with Crippen molar-refractivity contribution in [1.82, 2.24) is 0 Å². The smallest absolute Gasteiger partial charge is 0.412 e. The molecule has 7 heteroatoms. The molecule has 0 fully saturated rings. The van der Waals surface area contributed by atoms with Crippen LogP contribution in [0.3, 0.4) is 0 Å². The molecule has 0 aliphatic heterocycles. The molecule has 0 saturated heterocycles. The molecule has 0 radical (unpaired) electrons. The van der Waals surface area contributed by atoms with Gasteiger partial charge in [0.15, 0.2) is 11.5 Å². The highest BCUT2D eigenvalue weighted by atomic mass is 16.6. The first kappa shape index (κ1) is 17.4. The molecule has 1 amide bonds. The van der Waals surface area contributed by atoms with Crippen LogP contribution in [0.5, 0.6) is 11.5 Å². The van der Waals surface area contributed by atoms with Crippen molar-refractivity contribution in [3.05, 3.63) is 23.8 Å². The van der Waals surface area contributed by atoms with Gasteiger partial charge >= 0.3 is 12.1 Å². The Hall–Kier alpha value is -2.70. The van der Waals surface area contributed by atoms with E-state index in [4.69, 9.17) is 14.6 Å². The highest BCUT2D eigenvalue weighted by molar-refractivity contribution is 5.90. The summed E-state index contributed by atoms with van der Waals surface area (Å²) in [6.45, 7) is 5.12. The summed E-state index contributed by atoms with van der Waals surface area (Å²) < 4.78 is 10.1. The fraction of sp³-hybridized carbons (Fsp3) is 0.333. The highest BCUT2D eigenvalue weighted by Crippen LogP contribution is 2.36. The Morgan fingerprint density at radius 1 is 1.27 bits per heavy atom. The molecule has 0 spiro atoms. The fourth-order valence-corrected chi connectivity index (χ4v) is 1.56. The van der Waals surface area contributed by atoms with Crippen LogP contribution in [0, 0.1) is 0 Å². The maximum absolute atomic E-state index is 11.8. The van der Waals surface area contributed by atoms with Gasteiger partial charge in [0.2, 0.25) is 0 Å². The number of rotatable bonds is 4. The topological polar surface area (TPSA) is 105 Å². The fourth-order valence-electron chi connectivity index (χ4n) is 1.56. The van der Waals surface area contributed by atoms with Gasteiger partial charge in [-0.25, -0.2) is 9.59 Å². The van der Waals surface area contributed by atoms with Crippen molar-refractivity contribution in [2.45, 2.75) is 26.4 Å². The molecule has 1 aromatic carbocycles. The van der Waals surface area contributed by atoms with Gasteiger partial charge in [0.05, 0.1) is 12.8 Å². The number of hydrogen-bond acceptors (Lipinski definition) is 5. The zero-order chi connectivity index (χ0) is 16.9. The standard InChI is InChI=1S/C15H19NO6/c1-15(2,3)22-14(20)16-10-7-9(5-6-12(17)18)8-11(21-4)13(10)19/h5-8,19H,1-4H3,(H,16,20)(H,17,18)/b6-5+. The number of carboxylic acid groups (broad SMARTS) is 1. The molecular formula is C15H19NO6. The van der Waals surface area contributed by atoms with Crippen molar-refractivity contribution in [2.24, 2.45) is 0 Å². The molecular weight excluding hydrogens is 290 g/mol. The Balaban J connectivity index is 3.09. The van der Waals surface area contributed by atoms with Crippen molar-refractivity contribution in [1.29, 1.82) is 0 Å². The second-order valence-electron chi connectivity index (χ2n) is 5.42. The summed E-state index contributed by atoms with van der Waals surface area (Å²) in [5.74, 6) is -1.30. The molecule has 22 heavy (non-hydrogen) atoms. The molecule has 3 N–H and O–H groups in total. The number of amides is 1. The maximum atomic E-state index is 11.8. The van der Waals surface area contributed by atoms with Crippen LogP contribution in [0.15, 0.2) is 18.2 Å². The van der Waals surface area contributed by atoms with E-state index < -0.39 is 17.7 Å². The minimum Gasteiger partial charge on any atom is -0.503 e. The van der Waals surface area contributed by atoms with Gasteiger partial charge in [0, 0.05) is 6.08 Å². The summed E-state index contributed by atoms with van der Waals surface area (Å²) >= 11 is 0. The van der Waals surface area contributed by atoms with Crippen LogP contribution >= 0.6 is 0 Å². The Labute approximate surface area is 128 Å². The number of aliphatic carboxylic acids is 1. The average Bonchev–Trinajstić information content (AvgIpc) is 2.37. The zero-order valence-electron chi connectivity index (χ0n) is 12.8. The molecule has 1 aromatic rings. The number of carboxylic acids is 1. The number of phenolic OH excluding ortho intramolecular Hbond substituents is 1. The number of phenols is 1. The Morgan fingerprint density at radius 2 is 1.91 bits per heavy atom. The lowest BCUT2D eigenvalue weighted by atomic mass is 10.1. The maximum Gasteiger partial charge on any atom is 0.412 e. The van der Waals surface area contributed by atoms with Crippen LogP contribution in [-0.4, -0.2) is 35.0 Å². The summed E-state index contributed by atoms with van der Waals surface area (Å²) in [6, 6.07) is 2.84. The lowest BCUT2D eigenvalue weighted by molar-refractivity contribution is -0.131. The van der Waals surface area contributed by atoms with Gasteiger partial charge in [0.1, 0.15) is 5.60 Å². The van der Waals surface area contributed by atoms with Gasteiger partial charge < -0.3 is 19.7 Å². The molecule has 0 atom stereocenters. The first-order valence-electron chi connectivity index (χ1n) is 6.44. The number of aromatic hydroxyl groups is 1. The van der Waals surface area contributed by atoms with Gasteiger partial charge in [-0.15, -0.1) is 0 Å². The lowest BCUT2D eigenvalue weighted by Gasteiger charge is -2.20. The number of anilines is 1. The predicted octanol–water partition coefficient (Wildman–Crippen LogP) is 2.85. The van der Waals surface area contributed by atoms with E-state index >= 15 is 0 Å². The molecule has 0 bridgehead atoms. The molecule has 0 aromatic heterocycles. The van der Waals surface area contributed by atoms with Crippen LogP contribution in [0.2, 0.25) is 0 Å². The van der Waals surface area contributed by atoms with Gasteiger partial charge in [-0.05, 0) is 44.5 Å². The number of hydrogen-bond donors (Lipinski definition) is 3. The van der Waals surface area contributed by atoms with Gasteiger partial charge in [-0.2, -0.15) is 0 Å². The van der Waals surface area contributed by atoms with Crippen molar-refractivity contribution in [3.8, 4) is 11.5 Å². The number of benzene rings is 1. The third kappa shape index (κ3) is 5.35. The molecule has 0 aliphatic carbocycles. The Bertz CT molecular complexity index is 601. The summed E-state index contributed by atoms with van der Waals surface area (Å²) in [7, 11) is 1.34. The van der Waals surface area contributed by atoms with E-state index in [0.29, 0.717) is 5.56 Å². The van der Waals surface area contributed by atoms with E-state index in [0.717, 1.165) is 6.08 Å². The number of ether oxygens (including phenoxy) is 2. The van der Waals surface area contributed by atoms with Crippen LogP contribution in [0.4, 0.5) is 10.5 Å². The first-order chi connectivity index (χ1) is 10.1. The number of methoxy groups -OCH3 is 1. The molecule has 120 valence electrons. The molecule has 0 aliphatic rings. The molecule has 0 saturated carbocycles. The highest BCUT2D eigenvalue weighted by Gasteiger charge is 2.18. The van der Waals surface area contributed by atoms with Crippen molar-refractivity contribution in [3.63, 3.8) is 0 Å². The quantitative estimate of drug-likeness (QED) is 0.583. The van der Waals surface area contributed by atoms with Crippen molar-refractivity contribution in [2.75, 3.05) is 12.4 Å². The van der Waals surface area contributed by atoms with E-state index in [1.807, 2.05) is 0 Å². The van der Waals surface area contributed by atoms with Gasteiger partial charge in [-0.1, -0.05) is 0 Å². The predicted molar refractivity (Wildman–Crippen MR) is 81.2 cm³/mol. The van der Waals surface area contributed by atoms with E-state index in [1.165, 1.54) is 25.3 Å². The molecule has 0 unspecified atom stereocenters. The summed E-state index contributed by atoms with van der Waals surface area (Å²) in [5.41, 5.74) is -0.202. The van der Waals surface area contributed by atoms with E-state index in [-0.39, 0.29) is 17.2 Å². The zero-order valence-corrected chi connectivity index (χ0v) is 12.8. The summed E-state index contributed by atoms with van der Waals surface area (Å²) in [5, 5.41) is 21.0. The second kappa shape index (κ2) is 6.84. The van der Waals surface area contributed by atoms with Crippen molar-refractivity contribution < 1.29 is 29.3 Å². The number of nitrogens with one attached hydrogen (secondary N) is 1. The summed E-state index contributed by atoms with van der Waals surface area (Å²) in [4.78, 5) is 22.3. The van der Waals surface area contributed by atoms with Crippen LogP contribution < -0.4 is 10.1 Å². The van der Waals surface area contributed by atoms with Crippen LogP contribution in [0.25, 0.3) is 6.08 Å². The largest absolute Gasteiger partial charge is 0.503 e. The van der Waals surface area contributed by atoms with E-state index in [2.05, 4.69) is 5.32 Å². The molecule has 1 rings (SSSR count). The SMILES string of the molecule is COc1cc(/C=C/C(=O)O)cc(NC(=O)OC(C)(C)C)c1O. The minimum atomic E-state index is -1.12. The molecule has 7 nitrogen and oxygen atoms in total. The average molecular weight is 309 g/mol. The van der Waals surface area contributed by atoms with E-state index in [9.17, 15) is 14.7 Å². The van der Waals surface area contributed by atoms with E-state index in [1.54, 1.807) is 20.8 Å². The Kier molecular flexibility index (Phi) is 5.39. The normalized spacial score (nSPS) is 11.3. The van der Waals surface area contributed by atoms with Gasteiger partial charge in [0.25, 0.3) is 0 Å². The van der Waals surface area contributed by atoms with Crippen molar-refractivity contribution >= 4 is 23.8 Å². The number of carbonyl (C=O) groups excluding carboxylic acids is 1. The third-order valence-corrected chi connectivity index (χ3v) is 2.37.